The van der Waals surface area contributed by atoms with Gasteiger partial charge in [-0.25, -0.2) is 0 Å². The number of hydrogen-bond acceptors (Lipinski definition) is 2. The number of fused-ring (bicyclic) bond motifs is 2. The molecule has 2 bridgehead atoms. The largest absolute Gasteiger partial charge is 0.493 e. The maximum absolute atomic E-state index is 9.57. The van der Waals surface area contributed by atoms with Crippen molar-refractivity contribution in [2.45, 2.75) is 32.1 Å². The van der Waals surface area contributed by atoms with Gasteiger partial charge in [-0.05, 0) is 49.3 Å². The van der Waals surface area contributed by atoms with Crippen molar-refractivity contribution in [2.75, 3.05) is 6.61 Å². The molecular formula is C16H18BrNO. The second-order valence-electron chi connectivity index (χ2n) is 5.90. The van der Waals surface area contributed by atoms with Crippen molar-refractivity contribution in [3.05, 3.63) is 28.7 Å². The van der Waals surface area contributed by atoms with Gasteiger partial charge in [-0.15, -0.1) is 0 Å². The topological polar surface area (TPSA) is 33.0 Å². The summed E-state index contributed by atoms with van der Waals surface area (Å²) >= 11 is 3.44. The molecule has 19 heavy (non-hydrogen) atoms. The first-order valence-corrected chi connectivity index (χ1v) is 7.81. The Balaban J connectivity index is 1.59. The normalized spacial score (nSPS) is 32.2. The number of nitrogens with zero attached hydrogens (tertiary/aromatic N) is 1. The van der Waals surface area contributed by atoms with E-state index in [1.54, 1.807) is 0 Å². The summed E-state index contributed by atoms with van der Waals surface area (Å²) in [5, 5.41) is 9.57. The minimum Gasteiger partial charge on any atom is -0.493 e. The van der Waals surface area contributed by atoms with Crippen LogP contribution in [0.25, 0.3) is 0 Å². The molecule has 0 spiro atoms. The molecule has 3 unspecified atom stereocenters. The van der Waals surface area contributed by atoms with E-state index in [0.717, 1.165) is 29.0 Å². The van der Waals surface area contributed by atoms with Gasteiger partial charge in [0.15, 0.2) is 0 Å². The first-order valence-electron chi connectivity index (χ1n) is 7.01. The van der Waals surface area contributed by atoms with Crippen LogP contribution in [-0.2, 0) is 0 Å². The molecule has 0 radical (unpaired) electrons. The summed E-state index contributed by atoms with van der Waals surface area (Å²) in [5.74, 6) is 2.30. The van der Waals surface area contributed by atoms with Crippen molar-refractivity contribution in [3.63, 3.8) is 0 Å². The smallest absolute Gasteiger partial charge is 0.120 e. The Bertz CT molecular complexity index is 510. The number of benzene rings is 1. The number of rotatable bonds is 4. The lowest BCUT2D eigenvalue weighted by atomic mass is 9.72. The standard InChI is InChI=1S/C16H18BrNO/c17-14-2-1-3-15(9-14)19-7-6-16(11-18)10-12-4-5-13(16)8-12/h1-3,9,12-13H,4-8,10H2. The summed E-state index contributed by atoms with van der Waals surface area (Å²) in [7, 11) is 0. The number of halogens is 1. The van der Waals surface area contributed by atoms with Crippen LogP contribution in [0, 0.1) is 28.6 Å². The monoisotopic (exact) mass is 319 g/mol. The SMILES string of the molecule is N#CC1(CCOc2cccc(Br)c2)CC2CCC1C2. The van der Waals surface area contributed by atoms with Gasteiger partial charge in [-0.2, -0.15) is 5.26 Å². The van der Waals surface area contributed by atoms with E-state index < -0.39 is 0 Å². The van der Waals surface area contributed by atoms with Crippen LogP contribution in [0.4, 0.5) is 0 Å². The Morgan fingerprint density at radius 1 is 1.42 bits per heavy atom. The zero-order valence-corrected chi connectivity index (χ0v) is 12.5. The van der Waals surface area contributed by atoms with E-state index in [1.807, 2.05) is 24.3 Å². The summed E-state index contributed by atoms with van der Waals surface area (Å²) in [4.78, 5) is 0. The number of hydrogen-bond donors (Lipinski definition) is 0. The van der Waals surface area contributed by atoms with Crippen LogP contribution in [0.3, 0.4) is 0 Å². The Morgan fingerprint density at radius 2 is 2.32 bits per heavy atom. The molecule has 0 N–H and O–H groups in total. The van der Waals surface area contributed by atoms with Gasteiger partial charge in [0.2, 0.25) is 0 Å². The van der Waals surface area contributed by atoms with Crippen molar-refractivity contribution >= 4 is 15.9 Å². The van der Waals surface area contributed by atoms with Crippen LogP contribution in [0.1, 0.15) is 32.1 Å². The van der Waals surface area contributed by atoms with Gasteiger partial charge in [0.05, 0.1) is 18.1 Å². The van der Waals surface area contributed by atoms with E-state index in [2.05, 4.69) is 22.0 Å². The van der Waals surface area contributed by atoms with Crippen molar-refractivity contribution in [3.8, 4) is 11.8 Å². The number of ether oxygens (including phenoxy) is 1. The van der Waals surface area contributed by atoms with Gasteiger partial charge in [-0.3, -0.25) is 0 Å². The lowest BCUT2D eigenvalue weighted by Crippen LogP contribution is -2.28. The average Bonchev–Trinajstić information content (AvgIpc) is 3.00. The van der Waals surface area contributed by atoms with Crippen molar-refractivity contribution in [1.29, 1.82) is 5.26 Å². The molecule has 0 heterocycles. The molecule has 0 amide bonds. The lowest BCUT2D eigenvalue weighted by Gasteiger charge is -2.30. The minimum absolute atomic E-state index is 0.102. The van der Waals surface area contributed by atoms with E-state index in [9.17, 15) is 5.26 Å². The molecule has 2 saturated carbocycles. The van der Waals surface area contributed by atoms with E-state index in [0.29, 0.717) is 12.5 Å². The van der Waals surface area contributed by atoms with Gasteiger partial charge in [-0.1, -0.05) is 28.4 Å². The third-order valence-electron chi connectivity index (χ3n) is 4.81. The average molecular weight is 320 g/mol. The van der Waals surface area contributed by atoms with E-state index in [1.165, 1.54) is 19.3 Å². The molecule has 3 atom stereocenters. The fraction of sp³-hybridized carbons (Fsp3) is 0.562. The number of nitriles is 1. The summed E-state index contributed by atoms with van der Waals surface area (Å²) in [6.45, 7) is 0.646. The highest BCUT2D eigenvalue weighted by molar-refractivity contribution is 9.10. The summed E-state index contributed by atoms with van der Waals surface area (Å²) in [5.41, 5.74) is -0.102. The summed E-state index contributed by atoms with van der Waals surface area (Å²) in [6, 6.07) is 10.5. The Hall–Kier alpha value is -1.01. The molecule has 1 aromatic carbocycles. The van der Waals surface area contributed by atoms with Crippen LogP contribution in [0.5, 0.6) is 5.75 Å². The van der Waals surface area contributed by atoms with Gasteiger partial charge < -0.3 is 4.74 Å². The van der Waals surface area contributed by atoms with Crippen molar-refractivity contribution in [1.82, 2.24) is 0 Å². The maximum atomic E-state index is 9.57. The lowest BCUT2D eigenvalue weighted by molar-refractivity contribution is 0.176. The highest BCUT2D eigenvalue weighted by Crippen LogP contribution is 2.57. The molecule has 100 valence electrons. The molecule has 2 aliphatic carbocycles. The fourth-order valence-corrected chi connectivity index (χ4v) is 4.23. The molecule has 3 heteroatoms. The summed E-state index contributed by atoms with van der Waals surface area (Å²) < 4.78 is 6.83. The third kappa shape index (κ3) is 2.51. The van der Waals surface area contributed by atoms with E-state index in [-0.39, 0.29) is 5.41 Å². The van der Waals surface area contributed by atoms with E-state index >= 15 is 0 Å². The van der Waals surface area contributed by atoms with Gasteiger partial charge in [0, 0.05) is 10.9 Å². The quantitative estimate of drug-likeness (QED) is 0.815. The Morgan fingerprint density at radius 3 is 2.95 bits per heavy atom. The van der Waals surface area contributed by atoms with Gasteiger partial charge in [0.1, 0.15) is 5.75 Å². The van der Waals surface area contributed by atoms with Crippen LogP contribution in [-0.4, -0.2) is 6.61 Å². The van der Waals surface area contributed by atoms with E-state index in [4.69, 9.17) is 4.74 Å². The molecule has 2 nitrogen and oxygen atoms in total. The van der Waals surface area contributed by atoms with Crippen molar-refractivity contribution < 1.29 is 4.74 Å². The zero-order valence-electron chi connectivity index (χ0n) is 10.9. The van der Waals surface area contributed by atoms with Crippen molar-refractivity contribution in [2.24, 2.45) is 17.3 Å². The molecule has 3 rings (SSSR count). The maximum Gasteiger partial charge on any atom is 0.120 e. The van der Waals surface area contributed by atoms with Gasteiger partial charge >= 0.3 is 0 Å². The predicted molar refractivity (Wildman–Crippen MR) is 77.7 cm³/mol. The molecule has 2 aliphatic rings. The van der Waals surface area contributed by atoms with Crippen LogP contribution in [0.2, 0.25) is 0 Å². The van der Waals surface area contributed by atoms with Gasteiger partial charge in [0.25, 0.3) is 0 Å². The summed E-state index contributed by atoms with van der Waals surface area (Å²) in [6.07, 6.45) is 5.81. The van der Waals surface area contributed by atoms with Crippen LogP contribution >= 0.6 is 15.9 Å². The molecule has 0 aromatic heterocycles. The Kier molecular flexibility index (Phi) is 3.54. The minimum atomic E-state index is -0.102. The molecule has 2 fully saturated rings. The highest BCUT2D eigenvalue weighted by atomic mass is 79.9. The highest BCUT2D eigenvalue weighted by Gasteiger charge is 2.51. The first-order chi connectivity index (χ1) is 9.22. The first kappa shape index (κ1) is 13.0. The molecular weight excluding hydrogens is 302 g/mol. The fourth-order valence-electron chi connectivity index (χ4n) is 3.85. The second-order valence-corrected chi connectivity index (χ2v) is 6.82. The van der Waals surface area contributed by atoms with Crippen LogP contribution in [0.15, 0.2) is 28.7 Å². The zero-order chi connectivity index (χ0) is 13.3. The molecule has 0 aliphatic heterocycles. The van der Waals surface area contributed by atoms with Crippen LogP contribution < -0.4 is 4.74 Å². The predicted octanol–water partition coefficient (Wildman–Crippen LogP) is 4.55. The molecule has 1 aromatic rings. The second kappa shape index (κ2) is 5.17. The third-order valence-corrected chi connectivity index (χ3v) is 5.30. The Labute approximate surface area is 122 Å². The molecule has 0 saturated heterocycles.